The highest BCUT2D eigenvalue weighted by atomic mass is 127. The normalized spacial score (nSPS) is 38.4. The van der Waals surface area contributed by atoms with E-state index in [2.05, 4.69) is 65.8 Å². The molecule has 1 aliphatic rings. The topological polar surface area (TPSA) is 6.48 Å². The molecule has 0 aromatic rings. The Hall–Kier alpha value is 1.38. The van der Waals surface area contributed by atoms with E-state index >= 15 is 0 Å². The second-order valence-corrected chi connectivity index (χ2v) is 5.35. The van der Waals surface area contributed by atoms with Gasteiger partial charge in [0.25, 0.3) is 0 Å². The Labute approximate surface area is 90.3 Å². The highest BCUT2D eigenvalue weighted by Gasteiger charge is 2.25. The minimum atomic E-state index is 0.696. The lowest BCUT2D eigenvalue weighted by Gasteiger charge is -2.37. The summed E-state index contributed by atoms with van der Waals surface area (Å²) in [6.07, 6.45) is 0. The molecule has 2 nitrogen and oxygen atoms in total. The van der Waals surface area contributed by atoms with Gasteiger partial charge in [0.1, 0.15) is 0 Å². The van der Waals surface area contributed by atoms with Crippen LogP contribution in [-0.2, 0) is 0 Å². The summed E-state index contributed by atoms with van der Waals surface area (Å²) in [7, 11) is 0. The third-order valence-electron chi connectivity index (χ3n) is 1.77. The van der Waals surface area contributed by atoms with Gasteiger partial charge in [0.2, 0.25) is 0 Å². The predicted molar refractivity (Wildman–Crippen MR) is 60.4 cm³/mol. The Morgan fingerprint density at radius 2 is 1.50 bits per heavy atom. The molecule has 0 bridgehead atoms. The maximum Gasteiger partial charge on any atom is 0.0305 e. The smallest absolute Gasteiger partial charge is 0.0305 e. The van der Waals surface area contributed by atoms with Crippen LogP contribution in [0.5, 0.6) is 0 Å². The van der Waals surface area contributed by atoms with Crippen molar-refractivity contribution in [2.45, 2.75) is 25.9 Å². The highest BCUT2D eigenvalue weighted by molar-refractivity contribution is 14.1. The molecule has 10 heavy (non-hydrogen) atoms. The summed E-state index contributed by atoms with van der Waals surface area (Å²) in [6, 6.07) is 1.39. The van der Waals surface area contributed by atoms with Crippen LogP contribution in [0.15, 0.2) is 0 Å². The quantitative estimate of drug-likeness (QED) is 0.479. The summed E-state index contributed by atoms with van der Waals surface area (Å²) < 4.78 is 4.77. The zero-order chi connectivity index (χ0) is 7.72. The molecule has 2 atom stereocenters. The van der Waals surface area contributed by atoms with Crippen LogP contribution in [0, 0.1) is 0 Å². The summed E-state index contributed by atoms with van der Waals surface area (Å²) in [6.45, 7) is 6.92. The molecule has 1 rings (SSSR count). The molecule has 4 heteroatoms. The van der Waals surface area contributed by atoms with E-state index in [1.807, 2.05) is 0 Å². The maximum atomic E-state index is 2.42. The fourth-order valence-electron chi connectivity index (χ4n) is 1.24. The SMILES string of the molecule is CC1CN(I)CC(C)N1I. The average molecular weight is 366 g/mol. The van der Waals surface area contributed by atoms with Crippen molar-refractivity contribution in [1.29, 1.82) is 0 Å². The molecule has 0 aromatic heterocycles. The molecule has 1 heterocycles. The van der Waals surface area contributed by atoms with Gasteiger partial charge in [0.15, 0.2) is 0 Å². The Balaban J connectivity index is 2.49. The predicted octanol–water partition coefficient (Wildman–Crippen LogP) is 2.08. The van der Waals surface area contributed by atoms with Crippen LogP contribution in [0.25, 0.3) is 0 Å². The largest absolute Gasteiger partial charge is 0.244 e. The third kappa shape index (κ3) is 2.18. The van der Waals surface area contributed by atoms with Crippen LogP contribution in [0.4, 0.5) is 0 Å². The lowest BCUT2D eigenvalue weighted by atomic mass is 10.2. The average Bonchev–Trinajstić information content (AvgIpc) is 1.82. The Bertz CT molecular complexity index is 108. The van der Waals surface area contributed by atoms with E-state index < -0.39 is 0 Å². The van der Waals surface area contributed by atoms with E-state index in [1.54, 1.807) is 0 Å². The first-order chi connectivity index (χ1) is 4.61. The number of halogens is 2. The summed E-state index contributed by atoms with van der Waals surface area (Å²) in [5, 5.41) is 0. The van der Waals surface area contributed by atoms with Gasteiger partial charge in [-0.1, -0.05) is 0 Å². The first-order valence-electron chi connectivity index (χ1n) is 3.46. The molecular weight excluding hydrogens is 354 g/mol. The van der Waals surface area contributed by atoms with Crippen LogP contribution in [0.2, 0.25) is 0 Å². The monoisotopic (exact) mass is 366 g/mol. The molecular formula is C6H12I2N2. The van der Waals surface area contributed by atoms with E-state index in [0.717, 1.165) is 0 Å². The lowest BCUT2D eigenvalue weighted by molar-refractivity contribution is 0.213. The summed E-state index contributed by atoms with van der Waals surface area (Å²) >= 11 is 4.82. The van der Waals surface area contributed by atoms with Crippen LogP contribution in [0.1, 0.15) is 13.8 Å². The first kappa shape index (κ1) is 9.47. The van der Waals surface area contributed by atoms with Crippen molar-refractivity contribution in [3.05, 3.63) is 0 Å². The molecule has 0 amide bonds. The van der Waals surface area contributed by atoms with E-state index in [1.165, 1.54) is 13.1 Å². The fourth-order valence-corrected chi connectivity index (χ4v) is 2.73. The van der Waals surface area contributed by atoms with Crippen molar-refractivity contribution in [1.82, 2.24) is 6.23 Å². The van der Waals surface area contributed by atoms with Crippen molar-refractivity contribution in [2.75, 3.05) is 13.1 Å². The highest BCUT2D eigenvalue weighted by Crippen LogP contribution is 2.21. The number of hydrogen-bond donors (Lipinski definition) is 0. The molecule has 0 spiro atoms. The van der Waals surface area contributed by atoms with Gasteiger partial charge in [0, 0.05) is 70.9 Å². The minimum absolute atomic E-state index is 0.696. The van der Waals surface area contributed by atoms with Crippen LogP contribution in [0.3, 0.4) is 0 Å². The fraction of sp³-hybridized carbons (Fsp3) is 1.00. The Kier molecular flexibility index (Phi) is 3.66. The molecule has 0 radical (unpaired) electrons. The Morgan fingerprint density at radius 3 is 1.90 bits per heavy atom. The van der Waals surface area contributed by atoms with Gasteiger partial charge in [-0.2, -0.15) is 0 Å². The molecule has 1 fully saturated rings. The van der Waals surface area contributed by atoms with Crippen molar-refractivity contribution in [2.24, 2.45) is 0 Å². The second kappa shape index (κ2) is 3.86. The van der Waals surface area contributed by atoms with Gasteiger partial charge in [-0.3, -0.25) is 0 Å². The first-order valence-corrected chi connectivity index (χ1v) is 5.39. The minimum Gasteiger partial charge on any atom is -0.244 e. The zero-order valence-corrected chi connectivity index (χ0v) is 10.5. The van der Waals surface area contributed by atoms with E-state index in [0.29, 0.717) is 12.1 Å². The van der Waals surface area contributed by atoms with Crippen molar-refractivity contribution < 1.29 is 0 Å². The molecule has 2 unspecified atom stereocenters. The van der Waals surface area contributed by atoms with Crippen molar-refractivity contribution in [3.8, 4) is 0 Å². The van der Waals surface area contributed by atoms with Gasteiger partial charge in [-0.15, -0.1) is 0 Å². The molecule has 0 aromatic carbocycles. The maximum absolute atomic E-state index is 2.42. The van der Waals surface area contributed by atoms with Crippen molar-refractivity contribution >= 4 is 45.7 Å². The van der Waals surface area contributed by atoms with Gasteiger partial charge in [0.05, 0.1) is 0 Å². The molecule has 0 saturated carbocycles. The molecule has 60 valence electrons. The zero-order valence-electron chi connectivity index (χ0n) is 6.22. The summed E-state index contributed by atoms with van der Waals surface area (Å²) in [4.78, 5) is 0. The summed E-state index contributed by atoms with van der Waals surface area (Å²) in [5.41, 5.74) is 0. The molecule has 0 aliphatic carbocycles. The molecule has 0 N–H and O–H groups in total. The summed E-state index contributed by atoms with van der Waals surface area (Å²) in [5.74, 6) is 0. The van der Waals surface area contributed by atoms with Crippen molar-refractivity contribution in [3.63, 3.8) is 0 Å². The second-order valence-electron chi connectivity index (χ2n) is 2.87. The van der Waals surface area contributed by atoms with E-state index in [4.69, 9.17) is 0 Å². The number of nitrogens with zero attached hydrogens (tertiary/aromatic N) is 2. The standard InChI is InChI=1S/C6H12I2N2/c1-5-3-9(7)4-6(2)10(5)8/h5-6H,3-4H2,1-2H3. The third-order valence-corrected chi connectivity index (χ3v) is 4.46. The van der Waals surface area contributed by atoms with E-state index in [-0.39, 0.29) is 0 Å². The lowest BCUT2D eigenvalue weighted by Crippen LogP contribution is -2.48. The Morgan fingerprint density at radius 1 is 1.10 bits per heavy atom. The van der Waals surface area contributed by atoms with Gasteiger partial charge in [-0.05, 0) is 13.8 Å². The van der Waals surface area contributed by atoms with Gasteiger partial charge >= 0.3 is 0 Å². The van der Waals surface area contributed by atoms with E-state index in [9.17, 15) is 0 Å². The van der Waals surface area contributed by atoms with Crippen LogP contribution >= 0.6 is 45.7 Å². The van der Waals surface area contributed by atoms with Gasteiger partial charge in [-0.25, -0.2) is 6.23 Å². The molecule has 1 aliphatic heterocycles. The molecule has 1 saturated heterocycles. The van der Waals surface area contributed by atoms with Gasteiger partial charge < -0.3 is 0 Å². The number of hydrogen-bond acceptors (Lipinski definition) is 2. The number of rotatable bonds is 0. The number of piperazine rings is 1. The van der Waals surface area contributed by atoms with Crippen LogP contribution in [-0.4, -0.2) is 31.4 Å². The van der Waals surface area contributed by atoms with Crippen LogP contribution < -0.4 is 0 Å².